The highest BCUT2D eigenvalue weighted by Crippen LogP contribution is 2.24. The van der Waals surface area contributed by atoms with Crippen molar-refractivity contribution in [2.24, 2.45) is 11.8 Å². The van der Waals surface area contributed by atoms with Crippen LogP contribution in [-0.4, -0.2) is 35.4 Å². The van der Waals surface area contributed by atoms with Gasteiger partial charge in [-0.3, -0.25) is 4.79 Å². The summed E-state index contributed by atoms with van der Waals surface area (Å²) in [6.45, 7) is 4.26. The predicted molar refractivity (Wildman–Crippen MR) is 94.5 cm³/mol. The second kappa shape index (κ2) is 12.5. The zero-order valence-electron chi connectivity index (χ0n) is 14.7. The quantitative estimate of drug-likeness (QED) is 0.356. The Hall–Kier alpha value is -0.870. The van der Waals surface area contributed by atoms with E-state index in [2.05, 4.69) is 18.3 Å². The molecule has 3 unspecified atom stereocenters. The van der Waals surface area contributed by atoms with Crippen LogP contribution in [0.3, 0.4) is 0 Å². The van der Waals surface area contributed by atoms with Gasteiger partial charge in [-0.15, -0.1) is 0 Å². The summed E-state index contributed by atoms with van der Waals surface area (Å²) in [5.41, 5.74) is 0. The molecule has 0 spiro atoms. The molecule has 134 valence electrons. The molecule has 1 heterocycles. The van der Waals surface area contributed by atoms with Gasteiger partial charge in [-0.05, 0) is 37.6 Å². The van der Waals surface area contributed by atoms with Gasteiger partial charge in [-0.1, -0.05) is 57.6 Å². The number of hydrogen-bond donors (Lipinski definition) is 3. The van der Waals surface area contributed by atoms with Gasteiger partial charge in [0, 0.05) is 13.0 Å². The first-order valence-corrected chi connectivity index (χ1v) is 9.42. The van der Waals surface area contributed by atoms with Crippen LogP contribution in [0.2, 0.25) is 0 Å². The second-order valence-corrected chi connectivity index (χ2v) is 6.88. The zero-order chi connectivity index (χ0) is 16.9. The smallest absolute Gasteiger partial charge is 0.303 e. The molecule has 1 fully saturated rings. The SMILES string of the molecule is CCCCCC(O)C=CC1CNCC1CCCCCCC(=O)O. The molecule has 3 atom stereocenters. The second-order valence-electron chi connectivity index (χ2n) is 6.88. The van der Waals surface area contributed by atoms with E-state index >= 15 is 0 Å². The van der Waals surface area contributed by atoms with Crippen molar-refractivity contribution in [1.82, 2.24) is 5.32 Å². The molecule has 3 N–H and O–H groups in total. The lowest BCUT2D eigenvalue weighted by Gasteiger charge is -2.15. The Bertz CT molecular complexity index is 344. The molecular weight excluding hydrogens is 290 g/mol. The van der Waals surface area contributed by atoms with Crippen LogP contribution in [0.5, 0.6) is 0 Å². The van der Waals surface area contributed by atoms with Crippen LogP contribution in [0.4, 0.5) is 0 Å². The summed E-state index contributed by atoms with van der Waals surface area (Å²) < 4.78 is 0. The molecule has 4 heteroatoms. The summed E-state index contributed by atoms with van der Waals surface area (Å²) >= 11 is 0. The van der Waals surface area contributed by atoms with Crippen molar-refractivity contribution in [2.75, 3.05) is 13.1 Å². The van der Waals surface area contributed by atoms with Gasteiger partial charge < -0.3 is 15.5 Å². The first-order valence-electron chi connectivity index (χ1n) is 9.42. The molecule has 1 saturated heterocycles. The number of unbranched alkanes of at least 4 members (excludes halogenated alkanes) is 5. The van der Waals surface area contributed by atoms with E-state index in [1.165, 1.54) is 25.7 Å². The Morgan fingerprint density at radius 3 is 2.70 bits per heavy atom. The minimum atomic E-state index is -0.687. The fourth-order valence-electron chi connectivity index (χ4n) is 3.30. The first-order chi connectivity index (χ1) is 11.1. The third-order valence-corrected chi connectivity index (χ3v) is 4.79. The standard InChI is InChI=1S/C19H35NO3/c1-2-3-6-10-18(21)13-12-17-15-20-14-16(17)9-7-4-5-8-11-19(22)23/h12-13,16-18,20-21H,2-11,14-15H2,1H3,(H,22,23). The number of aliphatic hydroxyl groups is 1. The van der Waals surface area contributed by atoms with Crippen molar-refractivity contribution in [2.45, 2.75) is 77.2 Å². The number of carbonyl (C=O) groups is 1. The average Bonchev–Trinajstić information content (AvgIpc) is 2.96. The highest BCUT2D eigenvalue weighted by Gasteiger charge is 2.24. The van der Waals surface area contributed by atoms with Crippen LogP contribution in [0.1, 0.15) is 71.1 Å². The van der Waals surface area contributed by atoms with E-state index in [0.717, 1.165) is 45.2 Å². The monoisotopic (exact) mass is 325 g/mol. The molecule has 0 radical (unpaired) electrons. The largest absolute Gasteiger partial charge is 0.481 e. The van der Waals surface area contributed by atoms with Gasteiger partial charge in [0.15, 0.2) is 0 Å². The molecule has 1 aliphatic rings. The number of carboxylic acids is 1. The molecule has 0 aromatic rings. The number of nitrogens with one attached hydrogen (secondary N) is 1. The van der Waals surface area contributed by atoms with E-state index in [1.807, 2.05) is 6.08 Å². The van der Waals surface area contributed by atoms with Gasteiger partial charge >= 0.3 is 5.97 Å². The van der Waals surface area contributed by atoms with Gasteiger partial charge in [-0.25, -0.2) is 0 Å². The van der Waals surface area contributed by atoms with Crippen LogP contribution >= 0.6 is 0 Å². The Labute approximate surface area is 141 Å². The molecule has 0 aromatic heterocycles. The molecule has 0 bridgehead atoms. The van der Waals surface area contributed by atoms with Crippen molar-refractivity contribution in [3.63, 3.8) is 0 Å². The Balaban J connectivity index is 2.16. The lowest BCUT2D eigenvalue weighted by Crippen LogP contribution is -2.11. The normalized spacial score (nSPS) is 22.7. The number of aliphatic carboxylic acids is 1. The third kappa shape index (κ3) is 9.77. The van der Waals surface area contributed by atoms with Crippen LogP contribution < -0.4 is 5.32 Å². The molecule has 1 rings (SSSR count). The topological polar surface area (TPSA) is 69.6 Å². The molecular formula is C19H35NO3. The highest BCUT2D eigenvalue weighted by atomic mass is 16.4. The summed E-state index contributed by atoms with van der Waals surface area (Å²) in [6.07, 6.45) is 13.9. The van der Waals surface area contributed by atoms with E-state index < -0.39 is 5.97 Å². The summed E-state index contributed by atoms with van der Waals surface area (Å²) in [6, 6.07) is 0. The predicted octanol–water partition coefficient (Wildman–Crippen LogP) is 3.74. The summed E-state index contributed by atoms with van der Waals surface area (Å²) in [7, 11) is 0. The molecule has 0 aliphatic carbocycles. The maximum atomic E-state index is 10.5. The molecule has 4 nitrogen and oxygen atoms in total. The van der Waals surface area contributed by atoms with E-state index in [1.54, 1.807) is 0 Å². The maximum Gasteiger partial charge on any atom is 0.303 e. The van der Waals surface area contributed by atoms with Crippen LogP contribution in [0.15, 0.2) is 12.2 Å². The molecule has 23 heavy (non-hydrogen) atoms. The van der Waals surface area contributed by atoms with E-state index in [9.17, 15) is 9.90 Å². The minimum Gasteiger partial charge on any atom is -0.481 e. The summed E-state index contributed by atoms with van der Waals surface area (Å²) in [5.74, 6) is 0.510. The van der Waals surface area contributed by atoms with Crippen molar-refractivity contribution in [3.8, 4) is 0 Å². The lowest BCUT2D eigenvalue weighted by atomic mass is 9.90. The van der Waals surface area contributed by atoms with Gasteiger partial charge in [0.05, 0.1) is 6.10 Å². The average molecular weight is 325 g/mol. The van der Waals surface area contributed by atoms with Crippen molar-refractivity contribution in [3.05, 3.63) is 12.2 Å². The van der Waals surface area contributed by atoms with E-state index in [-0.39, 0.29) is 6.10 Å². The number of carboxylic acid groups (broad SMARTS) is 1. The minimum absolute atomic E-state index is 0.293. The zero-order valence-corrected chi connectivity index (χ0v) is 14.7. The number of hydrogen-bond acceptors (Lipinski definition) is 3. The lowest BCUT2D eigenvalue weighted by molar-refractivity contribution is -0.137. The summed E-state index contributed by atoms with van der Waals surface area (Å²) in [5, 5.41) is 22.1. The molecule has 0 aromatic carbocycles. The fourth-order valence-corrected chi connectivity index (χ4v) is 3.30. The Morgan fingerprint density at radius 2 is 1.96 bits per heavy atom. The van der Waals surface area contributed by atoms with Gasteiger partial charge in [-0.2, -0.15) is 0 Å². The van der Waals surface area contributed by atoms with Gasteiger partial charge in [0.25, 0.3) is 0 Å². The van der Waals surface area contributed by atoms with Gasteiger partial charge in [0.1, 0.15) is 0 Å². The fraction of sp³-hybridized carbons (Fsp3) is 0.842. The van der Waals surface area contributed by atoms with Gasteiger partial charge in [0.2, 0.25) is 0 Å². The van der Waals surface area contributed by atoms with Crippen LogP contribution in [-0.2, 0) is 4.79 Å². The highest BCUT2D eigenvalue weighted by molar-refractivity contribution is 5.66. The molecule has 0 saturated carbocycles. The van der Waals surface area contributed by atoms with E-state index in [4.69, 9.17) is 5.11 Å². The molecule has 1 aliphatic heterocycles. The number of rotatable bonds is 13. The van der Waals surface area contributed by atoms with Crippen LogP contribution in [0.25, 0.3) is 0 Å². The van der Waals surface area contributed by atoms with E-state index in [0.29, 0.717) is 18.3 Å². The van der Waals surface area contributed by atoms with Crippen molar-refractivity contribution in [1.29, 1.82) is 0 Å². The Morgan fingerprint density at radius 1 is 1.17 bits per heavy atom. The van der Waals surface area contributed by atoms with Crippen molar-refractivity contribution < 1.29 is 15.0 Å². The van der Waals surface area contributed by atoms with Crippen LogP contribution in [0, 0.1) is 11.8 Å². The third-order valence-electron chi connectivity index (χ3n) is 4.79. The Kier molecular flexibility index (Phi) is 11.0. The molecule has 0 amide bonds. The first kappa shape index (κ1) is 20.2. The van der Waals surface area contributed by atoms with Crippen molar-refractivity contribution >= 4 is 5.97 Å². The summed E-state index contributed by atoms with van der Waals surface area (Å²) in [4.78, 5) is 10.5. The number of aliphatic hydroxyl groups excluding tert-OH is 1. The maximum absolute atomic E-state index is 10.5.